The maximum Gasteiger partial charge on any atom is 0.241 e. The normalized spacial score (nSPS) is 15.5. The third-order valence-electron chi connectivity index (χ3n) is 5.67. The van der Waals surface area contributed by atoms with Gasteiger partial charge >= 0.3 is 0 Å². The minimum absolute atomic E-state index is 0.214. The molecule has 3 rings (SSSR count). The zero-order valence-corrected chi connectivity index (χ0v) is 20.3. The molecule has 174 valence electrons. The van der Waals surface area contributed by atoms with Crippen molar-refractivity contribution in [3.63, 3.8) is 0 Å². The number of sulfonamides is 1. The molecule has 1 saturated heterocycles. The van der Waals surface area contributed by atoms with E-state index in [2.05, 4.69) is 9.62 Å². The predicted octanol–water partition coefficient (Wildman–Crippen LogP) is 3.03. The first-order valence-electron chi connectivity index (χ1n) is 11.0. The van der Waals surface area contributed by atoms with Gasteiger partial charge in [-0.05, 0) is 57.9 Å². The highest BCUT2D eigenvalue weighted by atomic mass is 32.2. The highest BCUT2D eigenvalue weighted by molar-refractivity contribution is 7.89. The van der Waals surface area contributed by atoms with E-state index in [4.69, 9.17) is 4.74 Å². The van der Waals surface area contributed by atoms with Crippen LogP contribution >= 0.6 is 0 Å². The fourth-order valence-corrected chi connectivity index (χ4v) is 6.02. The number of aryl methyl sites for hydroxylation is 3. The second kappa shape index (κ2) is 9.92. The summed E-state index contributed by atoms with van der Waals surface area (Å²) in [5, 5.41) is 0. The molecule has 32 heavy (non-hydrogen) atoms. The summed E-state index contributed by atoms with van der Waals surface area (Å²) < 4.78 is 34.3. The van der Waals surface area contributed by atoms with Crippen LogP contribution in [0.2, 0.25) is 0 Å². The van der Waals surface area contributed by atoms with E-state index in [-0.39, 0.29) is 10.8 Å². The highest BCUT2D eigenvalue weighted by Gasteiger charge is 2.30. The van der Waals surface area contributed by atoms with Crippen LogP contribution in [0.1, 0.15) is 30.5 Å². The van der Waals surface area contributed by atoms with Crippen molar-refractivity contribution in [1.29, 1.82) is 0 Å². The van der Waals surface area contributed by atoms with Gasteiger partial charge < -0.3 is 14.5 Å². The number of benzene rings is 2. The van der Waals surface area contributed by atoms with Crippen LogP contribution in [-0.2, 0) is 14.8 Å². The van der Waals surface area contributed by atoms with Crippen LogP contribution in [0.4, 0.5) is 5.69 Å². The van der Waals surface area contributed by atoms with E-state index in [1.54, 1.807) is 25.7 Å². The summed E-state index contributed by atoms with van der Waals surface area (Å²) in [5.41, 5.74) is 3.37. The van der Waals surface area contributed by atoms with E-state index in [0.717, 1.165) is 17.0 Å². The van der Waals surface area contributed by atoms with Gasteiger partial charge in [0.15, 0.2) is 0 Å². The molecule has 1 amide bonds. The third-order valence-corrected chi connectivity index (χ3v) is 7.52. The van der Waals surface area contributed by atoms with Crippen molar-refractivity contribution in [3.8, 4) is 5.75 Å². The lowest BCUT2D eigenvalue weighted by molar-refractivity contribution is -0.132. The van der Waals surface area contributed by atoms with Crippen LogP contribution in [0, 0.1) is 20.8 Å². The standard InChI is InChI=1S/C24H33N3O4S/c1-6-31-22-10-8-7-9-21(22)26-11-13-27(14-12-26)24(28)20(5)25-32(29,30)23-18(3)15-17(2)16-19(23)4/h7-10,15-16,20,25H,6,11-14H2,1-5H3. The average molecular weight is 460 g/mol. The molecule has 8 heteroatoms. The maximum atomic E-state index is 13.0. The monoisotopic (exact) mass is 459 g/mol. The van der Waals surface area contributed by atoms with Gasteiger partial charge in [-0.1, -0.05) is 29.8 Å². The van der Waals surface area contributed by atoms with E-state index in [1.807, 2.05) is 50.2 Å². The molecule has 0 aliphatic carbocycles. The molecular formula is C24H33N3O4S. The number of piperazine rings is 1. The number of hydrogen-bond acceptors (Lipinski definition) is 5. The molecule has 1 aliphatic heterocycles. The lowest BCUT2D eigenvalue weighted by Gasteiger charge is -2.37. The summed E-state index contributed by atoms with van der Waals surface area (Å²) in [6.07, 6.45) is 0. The Labute approximate surface area is 191 Å². The van der Waals surface area contributed by atoms with Crippen LogP contribution in [-0.4, -0.2) is 58.1 Å². The average Bonchev–Trinajstić information content (AvgIpc) is 2.72. The molecule has 1 fully saturated rings. The van der Waals surface area contributed by atoms with E-state index < -0.39 is 16.1 Å². The van der Waals surface area contributed by atoms with E-state index in [0.29, 0.717) is 43.9 Å². The summed E-state index contributed by atoms with van der Waals surface area (Å²) >= 11 is 0. The van der Waals surface area contributed by atoms with E-state index in [1.165, 1.54) is 0 Å². The number of para-hydroxylation sites is 2. The Bertz CT molecular complexity index is 1050. The largest absolute Gasteiger partial charge is 0.492 e. The smallest absolute Gasteiger partial charge is 0.241 e. The Balaban J connectivity index is 1.66. The quantitative estimate of drug-likeness (QED) is 0.689. The number of rotatable bonds is 7. The predicted molar refractivity (Wildman–Crippen MR) is 127 cm³/mol. The lowest BCUT2D eigenvalue weighted by atomic mass is 10.1. The molecule has 0 aromatic heterocycles. The Hall–Kier alpha value is -2.58. The van der Waals surface area contributed by atoms with Gasteiger partial charge in [0.2, 0.25) is 15.9 Å². The van der Waals surface area contributed by atoms with Crippen molar-refractivity contribution in [1.82, 2.24) is 9.62 Å². The first-order chi connectivity index (χ1) is 15.1. The van der Waals surface area contributed by atoms with Crippen molar-refractivity contribution >= 4 is 21.6 Å². The SMILES string of the molecule is CCOc1ccccc1N1CCN(C(=O)C(C)NS(=O)(=O)c2c(C)cc(C)cc2C)CC1. The molecule has 0 radical (unpaired) electrons. The number of nitrogens with zero attached hydrogens (tertiary/aromatic N) is 2. The fraction of sp³-hybridized carbons (Fsp3) is 0.458. The molecule has 0 bridgehead atoms. The molecule has 0 spiro atoms. The van der Waals surface area contributed by atoms with Crippen LogP contribution in [0.3, 0.4) is 0 Å². The number of amides is 1. The number of nitrogens with one attached hydrogen (secondary N) is 1. The Morgan fingerprint density at radius 2 is 1.66 bits per heavy atom. The zero-order chi connectivity index (χ0) is 23.5. The molecular weight excluding hydrogens is 426 g/mol. The first kappa shape index (κ1) is 24.1. The molecule has 1 atom stereocenters. The summed E-state index contributed by atoms with van der Waals surface area (Å²) in [5.74, 6) is 0.619. The van der Waals surface area contributed by atoms with Crippen molar-refractivity contribution in [3.05, 3.63) is 53.1 Å². The van der Waals surface area contributed by atoms with Crippen molar-refractivity contribution in [2.24, 2.45) is 0 Å². The van der Waals surface area contributed by atoms with Crippen LogP contribution in [0.25, 0.3) is 0 Å². The molecule has 1 heterocycles. The van der Waals surface area contributed by atoms with E-state index in [9.17, 15) is 13.2 Å². The molecule has 1 N–H and O–H groups in total. The topological polar surface area (TPSA) is 79.0 Å². The zero-order valence-electron chi connectivity index (χ0n) is 19.5. The van der Waals surface area contributed by atoms with Crippen molar-refractivity contribution in [2.45, 2.75) is 45.6 Å². The Morgan fingerprint density at radius 1 is 1.06 bits per heavy atom. The van der Waals surface area contributed by atoms with Gasteiger partial charge in [0.1, 0.15) is 5.75 Å². The summed E-state index contributed by atoms with van der Waals surface area (Å²) in [6.45, 7) is 12.0. The third kappa shape index (κ3) is 5.24. The lowest BCUT2D eigenvalue weighted by Crippen LogP contribution is -2.54. The minimum atomic E-state index is -3.81. The fourth-order valence-electron chi connectivity index (χ4n) is 4.37. The van der Waals surface area contributed by atoms with Crippen molar-refractivity contribution in [2.75, 3.05) is 37.7 Å². The van der Waals surface area contributed by atoms with Gasteiger partial charge in [-0.2, -0.15) is 4.72 Å². The van der Waals surface area contributed by atoms with E-state index >= 15 is 0 Å². The van der Waals surface area contributed by atoms with Crippen LogP contribution in [0.15, 0.2) is 41.3 Å². The molecule has 1 unspecified atom stereocenters. The first-order valence-corrected chi connectivity index (χ1v) is 12.5. The minimum Gasteiger partial charge on any atom is -0.492 e. The number of carbonyl (C=O) groups excluding carboxylic acids is 1. The number of carbonyl (C=O) groups is 1. The van der Waals surface area contributed by atoms with Gasteiger partial charge in [0, 0.05) is 26.2 Å². The summed E-state index contributed by atoms with van der Waals surface area (Å²) in [4.78, 5) is 17.2. The summed E-state index contributed by atoms with van der Waals surface area (Å²) in [7, 11) is -3.81. The van der Waals surface area contributed by atoms with Gasteiger partial charge in [-0.3, -0.25) is 4.79 Å². The number of hydrogen-bond donors (Lipinski definition) is 1. The number of anilines is 1. The van der Waals surface area contributed by atoms with Gasteiger partial charge in [-0.25, -0.2) is 8.42 Å². The molecule has 2 aromatic carbocycles. The van der Waals surface area contributed by atoms with Gasteiger partial charge in [0.05, 0.1) is 23.2 Å². The molecule has 0 saturated carbocycles. The molecule has 1 aliphatic rings. The number of ether oxygens (including phenoxy) is 1. The molecule has 7 nitrogen and oxygen atoms in total. The van der Waals surface area contributed by atoms with Gasteiger partial charge in [0.25, 0.3) is 0 Å². The Morgan fingerprint density at radius 3 is 2.25 bits per heavy atom. The van der Waals surface area contributed by atoms with Gasteiger partial charge in [-0.15, -0.1) is 0 Å². The Kier molecular flexibility index (Phi) is 7.46. The highest BCUT2D eigenvalue weighted by Crippen LogP contribution is 2.29. The second-order valence-corrected chi connectivity index (χ2v) is 9.93. The summed E-state index contributed by atoms with van der Waals surface area (Å²) in [6, 6.07) is 10.7. The second-order valence-electron chi connectivity index (χ2n) is 8.28. The maximum absolute atomic E-state index is 13.0. The molecule has 2 aromatic rings. The van der Waals surface area contributed by atoms with Crippen molar-refractivity contribution < 1.29 is 17.9 Å². The van der Waals surface area contributed by atoms with Crippen LogP contribution < -0.4 is 14.4 Å². The van der Waals surface area contributed by atoms with Crippen LogP contribution in [0.5, 0.6) is 5.75 Å².